The lowest BCUT2D eigenvalue weighted by atomic mass is 9.95. The number of methoxy groups -OCH3 is 1. The quantitative estimate of drug-likeness (QED) is 0.422. The fourth-order valence-corrected chi connectivity index (χ4v) is 4.66. The van der Waals surface area contributed by atoms with E-state index < -0.39 is 6.09 Å². The Hall–Kier alpha value is -2.50. The highest BCUT2D eigenvalue weighted by molar-refractivity contribution is 7.80. The Balaban J connectivity index is 0.000000575. The number of amides is 1. The number of nitrogens with zero attached hydrogens (tertiary/aromatic N) is 2. The molecule has 0 aliphatic heterocycles. The van der Waals surface area contributed by atoms with E-state index in [0.717, 1.165) is 37.0 Å². The summed E-state index contributed by atoms with van der Waals surface area (Å²) in [5.74, 6) is 0. The maximum Gasteiger partial charge on any atom is 0.413 e. The largest absolute Gasteiger partial charge is 0.453 e. The molecule has 3 rings (SSSR count). The van der Waals surface area contributed by atoms with Crippen LogP contribution in [-0.2, 0) is 4.74 Å². The highest BCUT2D eigenvalue weighted by Gasteiger charge is 2.22. The number of carbonyl (C=O) groups excluding carboxylic acids is 1. The van der Waals surface area contributed by atoms with Gasteiger partial charge < -0.3 is 21.1 Å². The molecule has 0 aliphatic rings. The summed E-state index contributed by atoms with van der Waals surface area (Å²) in [6.45, 7) is 8.34. The predicted molar refractivity (Wildman–Crippen MR) is 131 cm³/mol. The molecule has 2 heterocycles. The van der Waals surface area contributed by atoms with Crippen LogP contribution in [0.25, 0.3) is 21.5 Å². The number of ether oxygens (including phenoxy) is 1. The van der Waals surface area contributed by atoms with Gasteiger partial charge in [-0.05, 0) is 56.6 Å². The van der Waals surface area contributed by atoms with Crippen molar-refractivity contribution in [2.45, 2.75) is 27.7 Å². The van der Waals surface area contributed by atoms with Crippen molar-refractivity contribution < 1.29 is 9.53 Å². The molecule has 0 spiro atoms. The van der Waals surface area contributed by atoms with E-state index in [4.69, 9.17) is 10.7 Å². The first-order valence-electron chi connectivity index (χ1n) is 9.02. The second-order valence-electron chi connectivity index (χ2n) is 6.35. The van der Waals surface area contributed by atoms with E-state index >= 15 is 0 Å². The van der Waals surface area contributed by atoms with Crippen molar-refractivity contribution in [1.82, 2.24) is 15.3 Å². The Morgan fingerprint density at radius 1 is 1.03 bits per heavy atom. The molecule has 0 saturated carbocycles. The minimum Gasteiger partial charge on any atom is -0.453 e. The molecule has 3 aromatic rings. The Bertz CT molecular complexity index is 1090. The highest BCUT2D eigenvalue weighted by Crippen LogP contribution is 2.43. The van der Waals surface area contributed by atoms with Gasteiger partial charge in [0.2, 0.25) is 0 Å². The van der Waals surface area contributed by atoms with Crippen LogP contribution in [0.1, 0.15) is 21.6 Å². The molecule has 0 fully saturated rings. The van der Waals surface area contributed by atoms with Crippen molar-refractivity contribution >= 4 is 66.6 Å². The molecule has 2 aromatic heterocycles. The Morgan fingerprint density at radius 3 is 2.17 bits per heavy atom. The summed E-state index contributed by atoms with van der Waals surface area (Å²) in [7, 11) is 4.89. The number of nitrogens with two attached hydrogens (primary N) is 1. The third-order valence-electron chi connectivity index (χ3n) is 4.60. The first-order valence-corrected chi connectivity index (χ1v) is 11.1. The van der Waals surface area contributed by atoms with Crippen molar-refractivity contribution in [2.24, 2.45) is 5.73 Å². The lowest BCUT2D eigenvalue weighted by Crippen LogP contribution is -2.24. The highest BCUT2D eigenvalue weighted by atomic mass is 32.1. The van der Waals surface area contributed by atoms with Gasteiger partial charge in [-0.25, -0.2) is 14.8 Å². The van der Waals surface area contributed by atoms with Crippen LogP contribution in [0.3, 0.4) is 0 Å². The molecule has 0 bridgehead atoms. The fraction of sp³-hybridized carbons (Fsp3) is 0.368. The van der Waals surface area contributed by atoms with Crippen molar-refractivity contribution in [3.63, 3.8) is 0 Å². The first kappa shape index (κ1) is 23.8. The van der Waals surface area contributed by atoms with Gasteiger partial charge >= 0.3 is 6.09 Å². The SMILES string of the molecule is CNC(N)=S.CNc1nc(-c2c(C)c(C)c(C)c3nc(NC(=O)OC)sc23)c(C)s1. The number of thiazole rings is 2. The molecule has 162 valence electrons. The monoisotopic (exact) mass is 466 g/mol. The molecule has 0 aliphatic carbocycles. The minimum atomic E-state index is -0.519. The Kier molecular flexibility index (Phi) is 7.93. The number of thiocarbonyl (C=S) groups is 1. The van der Waals surface area contributed by atoms with Gasteiger partial charge in [-0.3, -0.25) is 5.32 Å². The molecule has 1 aromatic carbocycles. The maximum absolute atomic E-state index is 11.5. The van der Waals surface area contributed by atoms with Gasteiger partial charge in [-0.1, -0.05) is 11.3 Å². The van der Waals surface area contributed by atoms with E-state index in [-0.39, 0.29) is 0 Å². The molecule has 0 atom stereocenters. The maximum atomic E-state index is 11.5. The van der Waals surface area contributed by atoms with Gasteiger partial charge in [0.15, 0.2) is 15.4 Å². The van der Waals surface area contributed by atoms with Crippen LogP contribution in [-0.4, -0.2) is 42.4 Å². The van der Waals surface area contributed by atoms with Gasteiger partial charge in [0.25, 0.3) is 0 Å². The van der Waals surface area contributed by atoms with Crippen LogP contribution in [0.2, 0.25) is 0 Å². The van der Waals surface area contributed by atoms with E-state index in [1.807, 2.05) is 7.05 Å². The summed E-state index contributed by atoms with van der Waals surface area (Å²) in [6.07, 6.45) is -0.519. The van der Waals surface area contributed by atoms with Gasteiger partial charge in [0.05, 0.1) is 23.0 Å². The van der Waals surface area contributed by atoms with Crippen LogP contribution in [0.15, 0.2) is 0 Å². The number of rotatable bonds is 3. The number of carbonyl (C=O) groups is 1. The average molecular weight is 467 g/mol. The summed E-state index contributed by atoms with van der Waals surface area (Å²) in [5.41, 5.74) is 11.4. The van der Waals surface area contributed by atoms with Crippen molar-refractivity contribution in [3.8, 4) is 11.3 Å². The number of aryl methyl sites for hydroxylation is 2. The van der Waals surface area contributed by atoms with E-state index in [9.17, 15) is 4.79 Å². The lowest BCUT2D eigenvalue weighted by molar-refractivity contribution is 0.187. The zero-order chi connectivity index (χ0) is 22.6. The lowest BCUT2D eigenvalue weighted by Gasteiger charge is -2.12. The topological polar surface area (TPSA) is 114 Å². The number of nitrogens with one attached hydrogen (secondary N) is 3. The number of hydrogen-bond acceptors (Lipinski definition) is 8. The van der Waals surface area contributed by atoms with Gasteiger partial charge in [0, 0.05) is 24.5 Å². The molecule has 8 nitrogen and oxygen atoms in total. The molecule has 0 radical (unpaired) electrons. The zero-order valence-corrected chi connectivity index (χ0v) is 20.5. The average Bonchev–Trinajstić information content (AvgIpc) is 3.30. The molecular formula is C19H26N6O2S3. The number of benzene rings is 1. The van der Waals surface area contributed by atoms with E-state index in [2.05, 4.69) is 65.6 Å². The number of anilines is 2. The smallest absolute Gasteiger partial charge is 0.413 e. The van der Waals surface area contributed by atoms with Crippen LogP contribution >= 0.6 is 34.9 Å². The molecule has 30 heavy (non-hydrogen) atoms. The van der Waals surface area contributed by atoms with Crippen LogP contribution in [0, 0.1) is 27.7 Å². The van der Waals surface area contributed by atoms with Crippen LogP contribution in [0.4, 0.5) is 15.1 Å². The van der Waals surface area contributed by atoms with Gasteiger partial charge in [0.1, 0.15) is 0 Å². The third-order valence-corrected chi connectivity index (χ3v) is 6.78. The molecular weight excluding hydrogens is 440 g/mol. The Morgan fingerprint density at radius 2 is 1.67 bits per heavy atom. The van der Waals surface area contributed by atoms with E-state index in [1.54, 1.807) is 18.4 Å². The molecule has 5 N–H and O–H groups in total. The molecule has 0 saturated heterocycles. The van der Waals surface area contributed by atoms with Crippen LogP contribution in [0.5, 0.6) is 0 Å². The van der Waals surface area contributed by atoms with E-state index in [1.165, 1.54) is 29.6 Å². The predicted octanol–water partition coefficient (Wildman–Crippen LogP) is 4.32. The summed E-state index contributed by atoms with van der Waals surface area (Å²) in [5, 5.41) is 10.1. The number of aromatic nitrogens is 2. The normalized spacial score (nSPS) is 10.2. The fourth-order valence-electron chi connectivity index (χ4n) is 2.77. The molecule has 1 amide bonds. The summed E-state index contributed by atoms with van der Waals surface area (Å²) >= 11 is 7.44. The van der Waals surface area contributed by atoms with Crippen molar-refractivity contribution in [3.05, 3.63) is 21.6 Å². The first-order chi connectivity index (χ1) is 14.1. The second-order valence-corrected chi connectivity index (χ2v) is 8.99. The summed E-state index contributed by atoms with van der Waals surface area (Å²) in [4.78, 5) is 22.0. The van der Waals surface area contributed by atoms with E-state index in [0.29, 0.717) is 10.2 Å². The van der Waals surface area contributed by atoms with Crippen LogP contribution < -0.4 is 21.7 Å². The summed E-state index contributed by atoms with van der Waals surface area (Å²) < 4.78 is 5.71. The third kappa shape index (κ3) is 4.97. The van der Waals surface area contributed by atoms with Crippen molar-refractivity contribution in [2.75, 3.05) is 31.8 Å². The second kappa shape index (κ2) is 10.0. The number of hydrogen-bond donors (Lipinski definition) is 4. The molecule has 0 unspecified atom stereocenters. The Labute approximate surface area is 189 Å². The summed E-state index contributed by atoms with van der Waals surface area (Å²) in [6, 6.07) is 0. The standard InChI is InChI=1S/C17H20N4O2S2.C2H6N2S/c1-7-8(2)11(13-10(4)24-15(18-5)20-13)14-12(9(7)3)19-16(25-14)21-17(22)23-6;1-4-2(3)5/h1-6H3,(H,18,20)(H,19,21,22);1H3,(H3,3,4,5). The number of fused-ring (bicyclic) bond motifs is 1. The zero-order valence-electron chi connectivity index (χ0n) is 18.0. The van der Waals surface area contributed by atoms with Gasteiger partial charge in [-0.15, -0.1) is 11.3 Å². The van der Waals surface area contributed by atoms with Crippen molar-refractivity contribution in [1.29, 1.82) is 0 Å². The van der Waals surface area contributed by atoms with Gasteiger partial charge in [-0.2, -0.15) is 0 Å². The minimum absolute atomic E-state index is 0.338. The molecule has 11 heteroatoms.